The van der Waals surface area contributed by atoms with Crippen LogP contribution >= 0.6 is 11.3 Å². The molecule has 1 aliphatic heterocycles. The van der Waals surface area contributed by atoms with Gasteiger partial charge in [-0.25, -0.2) is 0 Å². The van der Waals surface area contributed by atoms with Crippen LogP contribution in [0.3, 0.4) is 0 Å². The van der Waals surface area contributed by atoms with E-state index in [4.69, 9.17) is 4.74 Å². The molecule has 28 heavy (non-hydrogen) atoms. The van der Waals surface area contributed by atoms with Crippen molar-refractivity contribution in [3.05, 3.63) is 45.4 Å². The fourth-order valence-electron chi connectivity index (χ4n) is 6.17. The van der Waals surface area contributed by atoms with Gasteiger partial charge in [0.15, 0.2) is 0 Å². The number of thiophene rings is 1. The van der Waals surface area contributed by atoms with Crippen LogP contribution in [0.25, 0.3) is 0 Å². The van der Waals surface area contributed by atoms with Crippen LogP contribution in [-0.4, -0.2) is 22.6 Å². The zero-order valence-corrected chi connectivity index (χ0v) is 17.3. The van der Waals surface area contributed by atoms with Crippen molar-refractivity contribution in [1.29, 1.82) is 0 Å². The molecule has 3 aliphatic carbocycles. The summed E-state index contributed by atoms with van der Waals surface area (Å²) < 4.78 is 6.35. The zero-order valence-electron chi connectivity index (χ0n) is 16.5. The standard InChI is InChI=1S/C24H26O3S/c1-3-9-24(26)10-8-19-22-21(17-7-6-16(25)12-15(17)14-27-22)18(13-23(19,24)2)20-5-4-11-28-20/h4-5,11,14,18-19,22,26H,6-8,10,12-13H2,1-2H3/t18?,19-,22-,23-,24-/m0/s1. The summed E-state index contributed by atoms with van der Waals surface area (Å²) in [5.41, 5.74) is 2.54. The molecule has 4 aliphatic rings. The average Bonchev–Trinajstić information content (AvgIpc) is 3.28. The van der Waals surface area contributed by atoms with E-state index < -0.39 is 5.60 Å². The van der Waals surface area contributed by atoms with Crippen molar-refractivity contribution >= 4 is 17.1 Å². The Morgan fingerprint density at radius 2 is 2.21 bits per heavy atom. The number of carbonyl (C=O) groups excluding carboxylic acids is 1. The molecular weight excluding hydrogens is 368 g/mol. The number of carbonyl (C=O) groups is 1. The lowest BCUT2D eigenvalue weighted by Crippen LogP contribution is -2.53. The number of ketones is 1. The summed E-state index contributed by atoms with van der Waals surface area (Å²) in [6, 6.07) is 4.31. The van der Waals surface area contributed by atoms with Crippen molar-refractivity contribution in [3.8, 4) is 11.8 Å². The summed E-state index contributed by atoms with van der Waals surface area (Å²) in [5, 5.41) is 13.6. The third-order valence-corrected chi connectivity index (χ3v) is 8.59. The third kappa shape index (κ3) is 2.42. The first-order chi connectivity index (χ1) is 13.5. The highest BCUT2D eigenvalue weighted by atomic mass is 32.1. The van der Waals surface area contributed by atoms with Gasteiger partial charge in [0.25, 0.3) is 0 Å². The topological polar surface area (TPSA) is 46.5 Å². The minimum Gasteiger partial charge on any atom is -0.493 e. The number of hydrogen-bond donors (Lipinski definition) is 1. The van der Waals surface area contributed by atoms with Gasteiger partial charge in [-0.2, -0.15) is 0 Å². The Kier molecular flexibility index (Phi) is 4.12. The predicted molar refractivity (Wildman–Crippen MR) is 110 cm³/mol. The van der Waals surface area contributed by atoms with Gasteiger partial charge in [0.1, 0.15) is 17.5 Å². The summed E-state index contributed by atoms with van der Waals surface area (Å²) in [6.07, 6.45) is 6.27. The summed E-state index contributed by atoms with van der Waals surface area (Å²) >= 11 is 1.78. The molecule has 3 saturated carbocycles. The number of aliphatic hydroxyl groups is 1. The second-order valence-electron chi connectivity index (χ2n) is 8.92. The Labute approximate surface area is 170 Å². The molecule has 3 nitrogen and oxygen atoms in total. The van der Waals surface area contributed by atoms with E-state index >= 15 is 0 Å². The maximum Gasteiger partial charge on any atom is 0.137 e. The van der Waals surface area contributed by atoms with E-state index in [2.05, 4.69) is 36.3 Å². The number of rotatable bonds is 1. The molecule has 1 aromatic rings. The molecule has 2 heterocycles. The SMILES string of the molecule is CC#C[C@]1(O)CC[C@H]2[C@@H]3OC=C4CC(=O)CCC4=C3C(c3cccs3)C[C@@]21C. The summed E-state index contributed by atoms with van der Waals surface area (Å²) in [4.78, 5) is 13.3. The highest BCUT2D eigenvalue weighted by molar-refractivity contribution is 7.10. The highest BCUT2D eigenvalue weighted by Crippen LogP contribution is 2.64. The molecule has 0 bridgehead atoms. The molecule has 1 unspecified atom stereocenters. The van der Waals surface area contributed by atoms with E-state index in [0.717, 1.165) is 24.8 Å². The Bertz CT molecular complexity index is 944. The van der Waals surface area contributed by atoms with Crippen LogP contribution in [0.15, 0.2) is 40.5 Å². The van der Waals surface area contributed by atoms with Crippen molar-refractivity contribution < 1.29 is 14.6 Å². The van der Waals surface area contributed by atoms with Gasteiger partial charge in [0, 0.05) is 35.0 Å². The van der Waals surface area contributed by atoms with Crippen LogP contribution in [0, 0.1) is 23.2 Å². The van der Waals surface area contributed by atoms with Crippen LogP contribution in [0.4, 0.5) is 0 Å². The zero-order chi connectivity index (χ0) is 19.5. The Morgan fingerprint density at radius 3 is 2.96 bits per heavy atom. The molecule has 146 valence electrons. The van der Waals surface area contributed by atoms with Crippen LogP contribution < -0.4 is 0 Å². The number of ether oxygens (including phenoxy) is 1. The number of allylic oxidation sites excluding steroid dienone is 2. The smallest absolute Gasteiger partial charge is 0.137 e. The van der Waals surface area contributed by atoms with E-state index in [1.807, 2.05) is 13.2 Å². The second kappa shape index (κ2) is 6.34. The first kappa shape index (κ1) is 18.2. The lowest BCUT2D eigenvalue weighted by molar-refractivity contribution is -0.119. The third-order valence-electron chi connectivity index (χ3n) is 7.61. The quantitative estimate of drug-likeness (QED) is 0.700. The van der Waals surface area contributed by atoms with Crippen LogP contribution in [-0.2, 0) is 9.53 Å². The molecule has 1 aromatic heterocycles. The molecule has 3 fully saturated rings. The Morgan fingerprint density at radius 1 is 1.36 bits per heavy atom. The molecule has 4 heteroatoms. The van der Waals surface area contributed by atoms with Gasteiger partial charge in [-0.05, 0) is 60.8 Å². The van der Waals surface area contributed by atoms with E-state index in [1.165, 1.54) is 16.0 Å². The van der Waals surface area contributed by atoms with Gasteiger partial charge in [0.2, 0.25) is 0 Å². The summed E-state index contributed by atoms with van der Waals surface area (Å²) in [6.45, 7) is 4.02. The molecule has 0 amide bonds. The maximum absolute atomic E-state index is 12.0. The van der Waals surface area contributed by atoms with Crippen molar-refractivity contribution in [2.75, 3.05) is 0 Å². The molecule has 5 atom stereocenters. The van der Waals surface area contributed by atoms with Crippen LogP contribution in [0.1, 0.15) is 63.2 Å². The van der Waals surface area contributed by atoms with E-state index in [0.29, 0.717) is 25.0 Å². The van der Waals surface area contributed by atoms with Crippen molar-refractivity contribution in [2.45, 2.75) is 70.0 Å². The Hall–Kier alpha value is -1.83. The van der Waals surface area contributed by atoms with E-state index in [1.54, 1.807) is 11.3 Å². The molecule has 1 N–H and O–H groups in total. The van der Waals surface area contributed by atoms with Crippen molar-refractivity contribution in [1.82, 2.24) is 0 Å². The van der Waals surface area contributed by atoms with Gasteiger partial charge in [-0.3, -0.25) is 4.79 Å². The van der Waals surface area contributed by atoms with Gasteiger partial charge in [-0.15, -0.1) is 17.3 Å². The number of hydrogen-bond acceptors (Lipinski definition) is 4. The van der Waals surface area contributed by atoms with Gasteiger partial charge < -0.3 is 9.84 Å². The first-order valence-corrected chi connectivity index (χ1v) is 11.1. The monoisotopic (exact) mass is 394 g/mol. The summed E-state index contributed by atoms with van der Waals surface area (Å²) in [7, 11) is 0. The normalized spacial score (nSPS) is 39.2. The van der Waals surface area contributed by atoms with Gasteiger partial charge in [0.05, 0.1) is 6.26 Å². The minimum atomic E-state index is -0.964. The van der Waals surface area contributed by atoms with Crippen LogP contribution in [0.5, 0.6) is 0 Å². The Balaban J connectivity index is 1.66. The van der Waals surface area contributed by atoms with Crippen molar-refractivity contribution in [3.63, 3.8) is 0 Å². The first-order valence-electron chi connectivity index (χ1n) is 10.3. The molecule has 0 spiro atoms. The largest absolute Gasteiger partial charge is 0.493 e. The average molecular weight is 395 g/mol. The van der Waals surface area contributed by atoms with Crippen molar-refractivity contribution in [2.24, 2.45) is 11.3 Å². The summed E-state index contributed by atoms with van der Waals surface area (Å²) in [5.74, 6) is 6.91. The predicted octanol–water partition coefficient (Wildman–Crippen LogP) is 4.74. The second-order valence-corrected chi connectivity index (χ2v) is 9.90. The molecular formula is C24H26O3S. The number of fused-ring (bicyclic) bond motifs is 4. The van der Waals surface area contributed by atoms with E-state index in [-0.39, 0.29) is 23.4 Å². The van der Waals surface area contributed by atoms with Gasteiger partial charge >= 0.3 is 0 Å². The highest BCUT2D eigenvalue weighted by Gasteiger charge is 2.63. The molecule has 0 aromatic carbocycles. The van der Waals surface area contributed by atoms with Crippen LogP contribution in [0.2, 0.25) is 0 Å². The number of Topliss-reactive ketones (excluding diaryl/α,β-unsaturated/α-hetero) is 1. The maximum atomic E-state index is 12.0. The lowest BCUT2D eigenvalue weighted by atomic mass is 9.56. The molecule has 5 rings (SSSR count). The van der Waals surface area contributed by atoms with E-state index in [9.17, 15) is 9.90 Å². The lowest BCUT2D eigenvalue weighted by Gasteiger charge is -2.52. The fourth-order valence-corrected chi connectivity index (χ4v) is 7.01. The fraction of sp³-hybridized carbons (Fsp3) is 0.542. The molecule has 0 radical (unpaired) electrons. The van der Waals surface area contributed by atoms with Gasteiger partial charge in [-0.1, -0.05) is 18.9 Å². The molecule has 0 saturated heterocycles. The minimum absolute atomic E-state index is 0.0227.